The van der Waals surface area contributed by atoms with E-state index in [-0.39, 0.29) is 12.6 Å². The molecule has 2 amide bonds. The Bertz CT molecular complexity index is 344. The summed E-state index contributed by atoms with van der Waals surface area (Å²) in [4.78, 5) is 25.0. The Hall–Kier alpha value is -1.26. The number of rotatable bonds is 5. The number of urea groups is 1. The van der Waals surface area contributed by atoms with E-state index in [9.17, 15) is 9.59 Å². The fourth-order valence-corrected chi connectivity index (χ4v) is 2.61. The zero-order valence-electron chi connectivity index (χ0n) is 13.1. The molecule has 1 aliphatic rings. The number of nitrogens with one attached hydrogen (secondary N) is 1. The van der Waals surface area contributed by atoms with Crippen molar-refractivity contribution in [2.45, 2.75) is 40.5 Å². The van der Waals surface area contributed by atoms with Gasteiger partial charge < -0.3 is 15.3 Å². The van der Waals surface area contributed by atoms with Crippen LogP contribution in [-0.2, 0) is 4.79 Å². The fraction of sp³-hybridized carbons (Fsp3) is 0.867. The van der Waals surface area contributed by atoms with Crippen LogP contribution >= 0.6 is 0 Å². The zero-order chi connectivity index (χ0) is 15.3. The number of hydrogen-bond acceptors (Lipinski definition) is 2. The Kier molecular flexibility index (Phi) is 6.30. The van der Waals surface area contributed by atoms with Crippen LogP contribution in [0.2, 0.25) is 0 Å². The first-order valence-corrected chi connectivity index (χ1v) is 7.56. The molecule has 5 heteroatoms. The Labute approximate surface area is 121 Å². The number of carbonyl (C=O) groups is 2. The summed E-state index contributed by atoms with van der Waals surface area (Å²) in [7, 11) is 0. The third-order valence-electron chi connectivity index (χ3n) is 4.23. The predicted octanol–water partition coefficient (Wildman–Crippen LogP) is 2.42. The molecule has 20 heavy (non-hydrogen) atoms. The number of carbonyl (C=O) groups excluding carboxylic acids is 1. The van der Waals surface area contributed by atoms with Gasteiger partial charge in [0, 0.05) is 19.6 Å². The highest BCUT2D eigenvalue weighted by molar-refractivity contribution is 5.76. The Balaban J connectivity index is 2.43. The number of nitrogens with zero attached hydrogens (tertiary/aromatic N) is 1. The van der Waals surface area contributed by atoms with E-state index in [0.29, 0.717) is 24.2 Å². The van der Waals surface area contributed by atoms with Crippen molar-refractivity contribution in [3.8, 4) is 0 Å². The molecule has 0 aromatic rings. The number of piperidine rings is 1. The number of aliphatic carboxylic acids is 1. The van der Waals surface area contributed by atoms with Crippen molar-refractivity contribution >= 4 is 12.0 Å². The minimum Gasteiger partial charge on any atom is -0.481 e. The van der Waals surface area contributed by atoms with Crippen LogP contribution in [0.25, 0.3) is 0 Å². The van der Waals surface area contributed by atoms with Crippen LogP contribution in [-0.4, -0.2) is 41.6 Å². The summed E-state index contributed by atoms with van der Waals surface area (Å²) in [6, 6.07) is -0.126. The second-order valence-corrected chi connectivity index (χ2v) is 6.54. The van der Waals surface area contributed by atoms with Gasteiger partial charge in [-0.05, 0) is 30.6 Å². The molecule has 0 bridgehead atoms. The summed E-state index contributed by atoms with van der Waals surface area (Å²) in [6.45, 7) is 10.1. The predicted molar refractivity (Wildman–Crippen MR) is 78.5 cm³/mol. The molecule has 0 spiro atoms. The highest BCUT2D eigenvalue weighted by Crippen LogP contribution is 2.22. The molecule has 0 radical (unpaired) electrons. The maximum Gasteiger partial charge on any atom is 0.317 e. The molecule has 1 heterocycles. The van der Waals surface area contributed by atoms with Crippen LogP contribution in [0.4, 0.5) is 4.79 Å². The lowest BCUT2D eigenvalue weighted by Crippen LogP contribution is -2.48. The minimum atomic E-state index is -0.834. The van der Waals surface area contributed by atoms with E-state index in [2.05, 4.69) is 19.2 Å². The van der Waals surface area contributed by atoms with Crippen LogP contribution in [0.15, 0.2) is 0 Å². The van der Waals surface area contributed by atoms with Gasteiger partial charge >= 0.3 is 12.0 Å². The van der Waals surface area contributed by atoms with Gasteiger partial charge in [-0.15, -0.1) is 0 Å². The lowest BCUT2D eigenvalue weighted by atomic mass is 9.89. The third-order valence-corrected chi connectivity index (χ3v) is 4.23. The molecule has 0 saturated carbocycles. The van der Waals surface area contributed by atoms with Crippen LogP contribution in [0.1, 0.15) is 40.5 Å². The maximum atomic E-state index is 12.1. The number of carboxylic acids is 1. The van der Waals surface area contributed by atoms with E-state index >= 15 is 0 Å². The summed E-state index contributed by atoms with van der Waals surface area (Å²) in [5, 5.41) is 11.9. The summed E-state index contributed by atoms with van der Waals surface area (Å²) in [5.41, 5.74) is 0. The minimum absolute atomic E-state index is 0.126. The van der Waals surface area contributed by atoms with Gasteiger partial charge in [0.2, 0.25) is 0 Å². The highest BCUT2D eigenvalue weighted by Gasteiger charge is 2.27. The van der Waals surface area contributed by atoms with Crippen molar-refractivity contribution in [3.63, 3.8) is 0 Å². The molecule has 1 rings (SSSR count). The smallest absolute Gasteiger partial charge is 0.317 e. The van der Waals surface area contributed by atoms with Crippen molar-refractivity contribution < 1.29 is 14.7 Å². The van der Waals surface area contributed by atoms with Gasteiger partial charge in [-0.3, -0.25) is 4.79 Å². The van der Waals surface area contributed by atoms with E-state index in [1.165, 1.54) is 0 Å². The quantitative estimate of drug-likeness (QED) is 0.814. The monoisotopic (exact) mass is 284 g/mol. The summed E-state index contributed by atoms with van der Waals surface area (Å²) < 4.78 is 0. The number of hydrogen-bond donors (Lipinski definition) is 2. The Morgan fingerprint density at radius 1 is 1.30 bits per heavy atom. The molecule has 5 nitrogen and oxygen atoms in total. The first-order chi connectivity index (χ1) is 9.31. The largest absolute Gasteiger partial charge is 0.481 e. The van der Waals surface area contributed by atoms with Crippen molar-refractivity contribution in [2.75, 3.05) is 19.6 Å². The number of amides is 2. The van der Waals surface area contributed by atoms with Gasteiger partial charge in [0.15, 0.2) is 0 Å². The number of likely N-dealkylation sites (tertiary alicyclic amines) is 1. The van der Waals surface area contributed by atoms with Gasteiger partial charge in [-0.1, -0.05) is 27.7 Å². The van der Waals surface area contributed by atoms with Crippen LogP contribution in [0, 0.1) is 23.7 Å². The zero-order valence-corrected chi connectivity index (χ0v) is 13.1. The van der Waals surface area contributed by atoms with Gasteiger partial charge in [0.05, 0.1) is 5.92 Å². The Morgan fingerprint density at radius 2 is 1.95 bits per heavy atom. The van der Waals surface area contributed by atoms with Crippen molar-refractivity contribution in [3.05, 3.63) is 0 Å². The first-order valence-electron chi connectivity index (χ1n) is 7.56. The molecule has 3 unspecified atom stereocenters. The third kappa shape index (κ3) is 5.02. The van der Waals surface area contributed by atoms with Gasteiger partial charge in [-0.2, -0.15) is 0 Å². The molecule has 1 saturated heterocycles. The summed E-state index contributed by atoms with van der Waals surface area (Å²) in [5.74, 6) is 0.121. The second-order valence-electron chi connectivity index (χ2n) is 6.54. The molecule has 3 atom stereocenters. The van der Waals surface area contributed by atoms with E-state index in [0.717, 1.165) is 19.5 Å². The molecule has 0 aromatic heterocycles. The molecule has 0 aromatic carbocycles. The first kappa shape index (κ1) is 16.8. The maximum absolute atomic E-state index is 12.1. The summed E-state index contributed by atoms with van der Waals surface area (Å²) >= 11 is 0. The number of carboxylic acid groups (broad SMARTS) is 1. The van der Waals surface area contributed by atoms with Crippen molar-refractivity contribution in [1.29, 1.82) is 0 Å². The molecule has 116 valence electrons. The highest BCUT2D eigenvalue weighted by atomic mass is 16.4. The van der Waals surface area contributed by atoms with Crippen LogP contribution in [0.3, 0.4) is 0 Å². The van der Waals surface area contributed by atoms with E-state index in [1.807, 2.05) is 13.8 Å². The van der Waals surface area contributed by atoms with E-state index in [1.54, 1.807) is 4.90 Å². The van der Waals surface area contributed by atoms with E-state index in [4.69, 9.17) is 5.11 Å². The second kappa shape index (κ2) is 7.50. The van der Waals surface area contributed by atoms with Gasteiger partial charge in [0.25, 0.3) is 0 Å². The van der Waals surface area contributed by atoms with Gasteiger partial charge in [-0.25, -0.2) is 4.79 Å². The van der Waals surface area contributed by atoms with Crippen LogP contribution < -0.4 is 5.32 Å². The topological polar surface area (TPSA) is 69.6 Å². The Morgan fingerprint density at radius 3 is 2.45 bits per heavy atom. The lowest BCUT2D eigenvalue weighted by molar-refractivity contribution is -0.142. The summed E-state index contributed by atoms with van der Waals surface area (Å²) in [6.07, 6.45) is 1.60. The average molecular weight is 284 g/mol. The molecular weight excluding hydrogens is 256 g/mol. The lowest BCUT2D eigenvalue weighted by Gasteiger charge is -2.35. The molecule has 1 aliphatic heterocycles. The van der Waals surface area contributed by atoms with Crippen LogP contribution in [0.5, 0.6) is 0 Å². The van der Waals surface area contributed by atoms with E-state index < -0.39 is 11.9 Å². The molecule has 2 N–H and O–H groups in total. The standard InChI is InChI=1S/C15H28N2O3/c1-10(2)7-13(14(18)19)8-16-15(20)17-6-5-11(3)12(4)9-17/h10-13H,5-9H2,1-4H3,(H,16,20)(H,18,19). The molecular formula is C15H28N2O3. The fourth-order valence-electron chi connectivity index (χ4n) is 2.61. The average Bonchev–Trinajstić information content (AvgIpc) is 2.36. The van der Waals surface area contributed by atoms with Crippen molar-refractivity contribution in [2.24, 2.45) is 23.7 Å². The van der Waals surface area contributed by atoms with Gasteiger partial charge in [0.1, 0.15) is 0 Å². The van der Waals surface area contributed by atoms with Crippen molar-refractivity contribution in [1.82, 2.24) is 10.2 Å². The molecule has 0 aliphatic carbocycles. The molecule has 1 fully saturated rings. The SMILES string of the molecule is CC(C)CC(CNC(=O)N1CCC(C)C(C)C1)C(=O)O. The normalized spacial score (nSPS) is 24.6.